The van der Waals surface area contributed by atoms with E-state index in [0.29, 0.717) is 50.1 Å². The predicted octanol–water partition coefficient (Wildman–Crippen LogP) is 3.02. The largest absolute Gasteiger partial charge is 0.355 e. The normalized spacial score (nSPS) is 14.6. The van der Waals surface area contributed by atoms with Gasteiger partial charge in [0.2, 0.25) is 33.6 Å². The van der Waals surface area contributed by atoms with Crippen LogP contribution in [0.25, 0.3) is 11.4 Å². The Labute approximate surface area is 244 Å². The number of piperidine rings is 1. The molecule has 2 amide bonds. The van der Waals surface area contributed by atoms with Crippen LogP contribution in [0.1, 0.15) is 51.0 Å². The Bertz CT molecular complexity index is 1240. The molecule has 0 spiro atoms. The van der Waals surface area contributed by atoms with Crippen LogP contribution in [0.2, 0.25) is 0 Å². The fraction of sp³-hybridized carbons (Fsp3) is 0.630. The summed E-state index contributed by atoms with van der Waals surface area (Å²) >= 11 is 0. The molecule has 1 aliphatic rings. The summed E-state index contributed by atoms with van der Waals surface area (Å²) in [4.78, 5) is 34.2. The smallest absolute Gasteiger partial charge is 0.242 e. The quantitative estimate of drug-likeness (QED) is 0.369. The zero-order chi connectivity index (χ0) is 28.7. The number of nitrogens with zero attached hydrogens (tertiary/aromatic N) is 5. The van der Waals surface area contributed by atoms with Crippen molar-refractivity contribution in [3.63, 3.8) is 0 Å². The number of aromatic nitrogens is 2. The van der Waals surface area contributed by atoms with Crippen molar-refractivity contribution in [2.75, 3.05) is 50.9 Å². The molecule has 0 aliphatic carbocycles. The molecule has 1 saturated heterocycles. The van der Waals surface area contributed by atoms with Crippen LogP contribution in [0.5, 0.6) is 0 Å². The molecule has 11 nitrogen and oxygen atoms in total. The molecule has 0 saturated carbocycles. The summed E-state index contributed by atoms with van der Waals surface area (Å²) in [6.07, 6.45) is 4.26. The molecule has 0 radical (unpaired) electrons. The molecule has 2 heterocycles. The van der Waals surface area contributed by atoms with Gasteiger partial charge >= 0.3 is 0 Å². The van der Waals surface area contributed by atoms with Gasteiger partial charge in [-0.1, -0.05) is 31.1 Å². The number of hydrogen-bond donors (Lipinski definition) is 1. The average molecular weight is 599 g/mol. The standard InChI is InChI=1S/C27H42N6O5S.ClH/c1-19(2)8-7-13-28-25(34)17-32(24-16-22(10-9-20(24)3)27-29-21(4)38-30-27)18-26(35)31(5)23-11-14-33(15-12-23)39(6,36)37;/h9-10,16,19,23H,7-8,11-15,17-18H2,1-6H3,(H,28,34);1H. The molecular formula is C27H43ClN6O5S. The highest BCUT2D eigenvalue weighted by Crippen LogP contribution is 2.27. The minimum Gasteiger partial charge on any atom is -0.355 e. The molecule has 0 atom stereocenters. The van der Waals surface area contributed by atoms with E-state index in [0.717, 1.165) is 29.7 Å². The van der Waals surface area contributed by atoms with Gasteiger partial charge in [0.1, 0.15) is 0 Å². The Morgan fingerprint density at radius 2 is 1.85 bits per heavy atom. The van der Waals surface area contributed by atoms with Crippen LogP contribution < -0.4 is 10.2 Å². The molecule has 1 fully saturated rings. The number of aryl methyl sites for hydroxylation is 2. The van der Waals surface area contributed by atoms with Gasteiger partial charge in [-0.2, -0.15) is 4.98 Å². The summed E-state index contributed by atoms with van der Waals surface area (Å²) < 4.78 is 30.3. The van der Waals surface area contributed by atoms with Crippen LogP contribution in [0.3, 0.4) is 0 Å². The van der Waals surface area contributed by atoms with Gasteiger partial charge in [-0.05, 0) is 50.2 Å². The van der Waals surface area contributed by atoms with E-state index in [4.69, 9.17) is 4.52 Å². The second kappa shape index (κ2) is 14.8. The molecule has 40 heavy (non-hydrogen) atoms. The lowest BCUT2D eigenvalue weighted by molar-refractivity contribution is -0.131. The third-order valence-corrected chi connectivity index (χ3v) is 8.41. The number of carbonyl (C=O) groups excluding carboxylic acids is 2. The maximum atomic E-state index is 13.5. The highest BCUT2D eigenvalue weighted by molar-refractivity contribution is 7.88. The Kier molecular flexibility index (Phi) is 12.4. The molecule has 13 heteroatoms. The Hall–Kier alpha value is -2.70. The highest BCUT2D eigenvalue weighted by Gasteiger charge is 2.30. The number of anilines is 1. The van der Waals surface area contributed by atoms with Gasteiger partial charge in [-0.15, -0.1) is 12.4 Å². The molecule has 2 aromatic rings. The Balaban J connectivity index is 0.00000560. The number of carbonyl (C=O) groups is 2. The summed E-state index contributed by atoms with van der Waals surface area (Å²) in [5.41, 5.74) is 2.37. The molecule has 224 valence electrons. The van der Waals surface area contributed by atoms with Crippen molar-refractivity contribution in [2.24, 2.45) is 5.92 Å². The van der Waals surface area contributed by atoms with Gasteiger partial charge < -0.3 is 19.6 Å². The number of rotatable bonds is 12. The molecule has 1 aromatic heterocycles. The fourth-order valence-corrected chi connectivity index (χ4v) is 5.61. The average Bonchev–Trinajstić information content (AvgIpc) is 3.31. The highest BCUT2D eigenvalue weighted by atomic mass is 35.5. The van der Waals surface area contributed by atoms with Crippen molar-refractivity contribution in [1.29, 1.82) is 0 Å². The van der Waals surface area contributed by atoms with Gasteiger partial charge in [0.05, 0.1) is 19.3 Å². The van der Waals surface area contributed by atoms with Crippen molar-refractivity contribution in [2.45, 2.75) is 59.4 Å². The first-order valence-electron chi connectivity index (χ1n) is 13.5. The van der Waals surface area contributed by atoms with Crippen molar-refractivity contribution in [1.82, 2.24) is 24.7 Å². The predicted molar refractivity (Wildman–Crippen MR) is 158 cm³/mol. The summed E-state index contributed by atoms with van der Waals surface area (Å²) in [5, 5.41) is 6.99. The second-order valence-electron chi connectivity index (χ2n) is 10.8. The minimum atomic E-state index is -3.25. The molecule has 0 bridgehead atoms. The number of amides is 2. The van der Waals surface area contributed by atoms with E-state index in [1.54, 1.807) is 23.8 Å². The van der Waals surface area contributed by atoms with Gasteiger partial charge in [0.25, 0.3) is 0 Å². The lowest BCUT2D eigenvalue weighted by Gasteiger charge is -2.37. The number of likely N-dealkylation sites (N-methyl/N-ethyl adjacent to an activating group) is 1. The summed E-state index contributed by atoms with van der Waals surface area (Å²) in [5.74, 6) is 1.16. The Morgan fingerprint density at radius 1 is 1.18 bits per heavy atom. The molecule has 1 aromatic carbocycles. The lowest BCUT2D eigenvalue weighted by atomic mass is 10.0. The molecule has 1 N–H and O–H groups in total. The van der Waals surface area contributed by atoms with Crippen LogP contribution in [0.4, 0.5) is 5.69 Å². The van der Waals surface area contributed by atoms with Crippen LogP contribution in [-0.4, -0.2) is 91.6 Å². The fourth-order valence-electron chi connectivity index (χ4n) is 4.74. The number of halogens is 1. The van der Waals surface area contributed by atoms with E-state index in [1.165, 1.54) is 10.6 Å². The maximum Gasteiger partial charge on any atom is 0.242 e. The summed E-state index contributed by atoms with van der Waals surface area (Å²) in [6.45, 7) is 9.32. The van der Waals surface area contributed by atoms with Gasteiger partial charge in [-0.25, -0.2) is 12.7 Å². The van der Waals surface area contributed by atoms with Gasteiger partial charge in [0.15, 0.2) is 0 Å². The first-order chi connectivity index (χ1) is 18.3. The van der Waals surface area contributed by atoms with Crippen molar-refractivity contribution in [3.8, 4) is 11.4 Å². The first kappa shape index (κ1) is 33.5. The molecular weight excluding hydrogens is 556 g/mol. The lowest BCUT2D eigenvalue weighted by Crippen LogP contribution is -2.50. The first-order valence-corrected chi connectivity index (χ1v) is 15.3. The third kappa shape index (κ3) is 9.45. The molecule has 3 rings (SSSR count). The Morgan fingerprint density at radius 3 is 2.42 bits per heavy atom. The van der Waals surface area contributed by atoms with Gasteiger partial charge in [-0.3, -0.25) is 9.59 Å². The topological polar surface area (TPSA) is 129 Å². The molecule has 0 unspecified atom stereocenters. The van der Waals surface area contributed by atoms with E-state index >= 15 is 0 Å². The van der Waals surface area contributed by atoms with E-state index in [9.17, 15) is 18.0 Å². The van der Waals surface area contributed by atoms with E-state index < -0.39 is 10.0 Å². The number of benzene rings is 1. The monoisotopic (exact) mass is 598 g/mol. The van der Waals surface area contributed by atoms with Crippen molar-refractivity contribution in [3.05, 3.63) is 29.7 Å². The SMILES string of the molecule is Cc1nc(-c2ccc(C)c(N(CC(=O)NCCCC(C)C)CC(=O)N(C)C3CCN(S(C)(=O)=O)CC3)c2)no1.Cl. The minimum absolute atomic E-state index is 0. The van der Waals surface area contributed by atoms with Crippen LogP contribution in [-0.2, 0) is 19.6 Å². The maximum absolute atomic E-state index is 13.5. The summed E-state index contributed by atoms with van der Waals surface area (Å²) in [7, 11) is -1.50. The summed E-state index contributed by atoms with van der Waals surface area (Å²) in [6, 6.07) is 5.61. The van der Waals surface area contributed by atoms with E-state index in [2.05, 4.69) is 29.3 Å². The van der Waals surface area contributed by atoms with Crippen LogP contribution in [0.15, 0.2) is 22.7 Å². The van der Waals surface area contributed by atoms with Crippen LogP contribution in [0, 0.1) is 19.8 Å². The molecule has 1 aliphatic heterocycles. The zero-order valence-electron chi connectivity index (χ0n) is 24.3. The van der Waals surface area contributed by atoms with E-state index in [-0.39, 0.29) is 43.4 Å². The second-order valence-corrected chi connectivity index (χ2v) is 12.8. The number of hydrogen-bond acceptors (Lipinski definition) is 8. The number of sulfonamides is 1. The van der Waals surface area contributed by atoms with E-state index in [1.807, 2.05) is 25.1 Å². The van der Waals surface area contributed by atoms with Crippen molar-refractivity contribution < 1.29 is 22.5 Å². The zero-order valence-corrected chi connectivity index (χ0v) is 26.0. The van der Waals surface area contributed by atoms with Gasteiger partial charge in [0, 0.05) is 50.9 Å². The van der Waals surface area contributed by atoms with Crippen LogP contribution >= 0.6 is 12.4 Å². The van der Waals surface area contributed by atoms with Crippen molar-refractivity contribution >= 4 is 39.9 Å². The third-order valence-electron chi connectivity index (χ3n) is 7.11. The number of nitrogens with one attached hydrogen (secondary N) is 1.